The van der Waals surface area contributed by atoms with Gasteiger partial charge in [0.05, 0.1) is 17.8 Å². The van der Waals surface area contributed by atoms with Crippen LogP contribution in [-0.4, -0.2) is 43.0 Å². The Balaban J connectivity index is 1.63. The molecule has 0 spiro atoms. The summed E-state index contributed by atoms with van der Waals surface area (Å²) >= 11 is 0. The maximum absolute atomic E-state index is 12.9. The van der Waals surface area contributed by atoms with Crippen molar-refractivity contribution < 1.29 is 17.6 Å². The first-order valence-corrected chi connectivity index (χ1v) is 10.4. The van der Waals surface area contributed by atoms with Crippen LogP contribution >= 0.6 is 0 Å². The van der Waals surface area contributed by atoms with Gasteiger partial charge in [-0.15, -0.1) is 0 Å². The minimum atomic E-state index is -4.32. The average Bonchev–Trinajstić information content (AvgIpc) is 3.05. The van der Waals surface area contributed by atoms with Crippen LogP contribution in [0.1, 0.15) is 47.4 Å². The summed E-state index contributed by atoms with van der Waals surface area (Å²) in [7, 11) is 3.72. The molecule has 2 aromatic rings. The van der Waals surface area contributed by atoms with Crippen molar-refractivity contribution in [2.24, 2.45) is 10.9 Å². The lowest BCUT2D eigenvalue weighted by Gasteiger charge is -2.40. The second-order valence-electron chi connectivity index (χ2n) is 8.00. The first-order chi connectivity index (χ1) is 14.7. The van der Waals surface area contributed by atoms with Crippen LogP contribution < -0.4 is 10.6 Å². The predicted molar refractivity (Wildman–Crippen MR) is 114 cm³/mol. The fraction of sp³-hybridized carbons (Fsp3) is 0.545. The zero-order chi connectivity index (χ0) is 22.6. The van der Waals surface area contributed by atoms with E-state index < -0.39 is 11.7 Å². The molecule has 0 aliphatic carbocycles. The first kappa shape index (κ1) is 23.1. The zero-order valence-electron chi connectivity index (χ0n) is 18.4. The topological polar surface area (TPSA) is 65.7 Å². The third-order valence-corrected chi connectivity index (χ3v) is 5.82. The molecular formula is C22H30F3N5O. The Morgan fingerprint density at radius 3 is 2.52 bits per heavy atom. The van der Waals surface area contributed by atoms with Crippen LogP contribution in [-0.2, 0) is 12.7 Å². The Morgan fingerprint density at radius 2 is 1.94 bits per heavy atom. The van der Waals surface area contributed by atoms with Crippen LogP contribution in [0.2, 0.25) is 0 Å². The predicted octanol–water partition coefficient (Wildman–Crippen LogP) is 4.06. The molecule has 2 unspecified atom stereocenters. The van der Waals surface area contributed by atoms with E-state index in [1.165, 1.54) is 12.1 Å². The number of nitrogens with one attached hydrogen (secondary N) is 2. The van der Waals surface area contributed by atoms with Crippen molar-refractivity contribution in [3.05, 3.63) is 52.7 Å². The molecule has 1 fully saturated rings. The molecule has 0 amide bonds. The summed E-state index contributed by atoms with van der Waals surface area (Å²) in [5, 5.41) is 6.55. The van der Waals surface area contributed by atoms with Gasteiger partial charge in [-0.3, -0.25) is 9.89 Å². The molecule has 2 heterocycles. The molecule has 0 radical (unpaired) electrons. The number of aryl methyl sites for hydroxylation is 2. The van der Waals surface area contributed by atoms with Crippen molar-refractivity contribution in [1.82, 2.24) is 20.5 Å². The number of alkyl halides is 3. The highest BCUT2D eigenvalue weighted by Crippen LogP contribution is 2.36. The third-order valence-electron chi connectivity index (χ3n) is 5.82. The summed E-state index contributed by atoms with van der Waals surface area (Å²) in [5.41, 5.74) is 1.14. The second-order valence-corrected chi connectivity index (χ2v) is 8.00. The van der Waals surface area contributed by atoms with Gasteiger partial charge in [0.15, 0.2) is 5.96 Å². The number of hydrogen-bond donors (Lipinski definition) is 2. The van der Waals surface area contributed by atoms with Gasteiger partial charge in [0.1, 0.15) is 5.76 Å². The van der Waals surface area contributed by atoms with Crippen molar-refractivity contribution in [2.75, 3.05) is 27.2 Å². The van der Waals surface area contributed by atoms with Gasteiger partial charge in [0, 0.05) is 19.6 Å². The maximum atomic E-state index is 12.9. The lowest BCUT2D eigenvalue weighted by atomic mass is 9.84. The van der Waals surface area contributed by atoms with E-state index in [1.54, 1.807) is 19.2 Å². The highest BCUT2D eigenvalue weighted by atomic mass is 19.4. The van der Waals surface area contributed by atoms with Crippen LogP contribution in [0.4, 0.5) is 13.2 Å². The molecule has 6 nitrogen and oxygen atoms in total. The molecule has 0 bridgehead atoms. The van der Waals surface area contributed by atoms with E-state index in [2.05, 4.69) is 25.5 Å². The number of nitrogens with zero attached hydrogens (tertiary/aromatic N) is 3. The van der Waals surface area contributed by atoms with E-state index in [0.29, 0.717) is 24.9 Å². The summed E-state index contributed by atoms with van der Waals surface area (Å²) in [6.45, 7) is 5.76. The molecular weight excluding hydrogens is 407 g/mol. The molecule has 9 heteroatoms. The molecule has 1 saturated heterocycles. The van der Waals surface area contributed by atoms with Crippen molar-refractivity contribution in [3.8, 4) is 0 Å². The zero-order valence-corrected chi connectivity index (χ0v) is 18.4. The fourth-order valence-corrected chi connectivity index (χ4v) is 4.09. The van der Waals surface area contributed by atoms with Gasteiger partial charge >= 0.3 is 6.18 Å². The Morgan fingerprint density at radius 1 is 1.23 bits per heavy atom. The minimum absolute atomic E-state index is 0.0404. The number of benzene rings is 1. The van der Waals surface area contributed by atoms with Gasteiger partial charge in [0.2, 0.25) is 5.89 Å². The minimum Gasteiger partial charge on any atom is -0.444 e. The maximum Gasteiger partial charge on any atom is 0.416 e. The van der Waals surface area contributed by atoms with Gasteiger partial charge < -0.3 is 15.1 Å². The van der Waals surface area contributed by atoms with Crippen LogP contribution in [0.5, 0.6) is 0 Å². The number of likely N-dealkylation sites (tertiary alicyclic amines) is 1. The molecule has 2 atom stereocenters. The SMILES string of the molecule is CN=C(NCc1nc(C)c(C)o1)NCC1CCCN(C)C1c1ccc(C(F)(F)F)cc1. The first-order valence-electron chi connectivity index (χ1n) is 10.4. The van der Waals surface area contributed by atoms with E-state index in [0.717, 1.165) is 36.4 Å². The fourth-order valence-electron chi connectivity index (χ4n) is 4.09. The van der Waals surface area contributed by atoms with Crippen LogP contribution in [0.25, 0.3) is 0 Å². The summed E-state index contributed by atoms with van der Waals surface area (Å²) in [6, 6.07) is 5.58. The van der Waals surface area contributed by atoms with Crippen LogP contribution in [0.15, 0.2) is 33.7 Å². The molecule has 170 valence electrons. The molecule has 1 aliphatic rings. The van der Waals surface area contributed by atoms with Crippen molar-refractivity contribution in [1.29, 1.82) is 0 Å². The van der Waals surface area contributed by atoms with Crippen molar-refractivity contribution in [2.45, 2.75) is 45.5 Å². The van der Waals surface area contributed by atoms with Gasteiger partial charge in [0.25, 0.3) is 0 Å². The Bertz CT molecular complexity index is 872. The Kier molecular flexibility index (Phi) is 7.25. The quantitative estimate of drug-likeness (QED) is 0.546. The standard InChI is InChI=1S/C22H30F3N5O/c1-14-15(2)31-19(29-14)13-28-21(26-3)27-12-17-6-5-11-30(4)20(17)16-7-9-18(10-8-16)22(23,24)25/h7-10,17,20H,5-6,11-13H2,1-4H3,(H2,26,27,28). The van der Waals surface area contributed by atoms with Gasteiger partial charge in [-0.2, -0.15) is 13.2 Å². The number of rotatable bonds is 5. The number of piperidine rings is 1. The van der Waals surface area contributed by atoms with Crippen LogP contribution in [0, 0.1) is 19.8 Å². The monoisotopic (exact) mass is 437 g/mol. The van der Waals surface area contributed by atoms with E-state index in [4.69, 9.17) is 4.42 Å². The number of halogens is 3. The summed E-state index contributed by atoms with van der Waals surface area (Å²) in [6.07, 6.45) is -2.30. The second kappa shape index (κ2) is 9.72. The molecule has 2 N–H and O–H groups in total. The van der Waals surface area contributed by atoms with Crippen molar-refractivity contribution >= 4 is 5.96 Å². The molecule has 31 heavy (non-hydrogen) atoms. The lowest BCUT2D eigenvalue weighted by Crippen LogP contribution is -2.44. The Hall–Kier alpha value is -2.55. The number of aliphatic imine (C=N–C) groups is 1. The summed E-state index contributed by atoms with van der Waals surface area (Å²) < 4.78 is 44.4. The Labute approximate surface area is 180 Å². The van der Waals surface area contributed by atoms with E-state index >= 15 is 0 Å². The molecule has 1 aromatic heterocycles. The molecule has 1 aromatic carbocycles. The summed E-state index contributed by atoms with van der Waals surface area (Å²) in [4.78, 5) is 10.8. The molecule has 1 aliphatic heterocycles. The smallest absolute Gasteiger partial charge is 0.416 e. The number of aromatic nitrogens is 1. The number of guanidine groups is 1. The highest BCUT2D eigenvalue weighted by Gasteiger charge is 2.33. The number of oxazole rings is 1. The lowest BCUT2D eigenvalue weighted by molar-refractivity contribution is -0.137. The van der Waals surface area contributed by atoms with Gasteiger partial charge in [-0.1, -0.05) is 12.1 Å². The van der Waals surface area contributed by atoms with E-state index in [9.17, 15) is 13.2 Å². The van der Waals surface area contributed by atoms with Gasteiger partial charge in [-0.05, 0) is 63.9 Å². The largest absolute Gasteiger partial charge is 0.444 e. The average molecular weight is 438 g/mol. The van der Waals surface area contributed by atoms with E-state index in [-0.39, 0.29) is 12.0 Å². The molecule has 3 rings (SSSR count). The third kappa shape index (κ3) is 5.78. The summed E-state index contributed by atoms with van der Waals surface area (Å²) in [5.74, 6) is 2.26. The van der Waals surface area contributed by atoms with Crippen molar-refractivity contribution in [3.63, 3.8) is 0 Å². The molecule has 0 saturated carbocycles. The van der Waals surface area contributed by atoms with E-state index in [1.807, 2.05) is 20.9 Å². The number of hydrogen-bond acceptors (Lipinski definition) is 4. The highest BCUT2D eigenvalue weighted by molar-refractivity contribution is 5.79. The normalized spacial score (nSPS) is 20.7. The van der Waals surface area contributed by atoms with Crippen LogP contribution in [0.3, 0.4) is 0 Å². The van der Waals surface area contributed by atoms with Gasteiger partial charge in [-0.25, -0.2) is 4.98 Å².